The van der Waals surface area contributed by atoms with Crippen LogP contribution in [-0.4, -0.2) is 11.6 Å². The Balaban J connectivity index is 2.89. The second kappa shape index (κ2) is 11.1. The lowest BCUT2D eigenvalue weighted by molar-refractivity contribution is 0.278. The van der Waals surface area contributed by atoms with Crippen molar-refractivity contribution < 1.29 is 0 Å². The third-order valence-corrected chi connectivity index (χ3v) is 4.66. The van der Waals surface area contributed by atoms with Crippen molar-refractivity contribution in [3.05, 3.63) is 46.3 Å². The van der Waals surface area contributed by atoms with Crippen LogP contribution in [0.15, 0.2) is 35.4 Å². The summed E-state index contributed by atoms with van der Waals surface area (Å²) in [5, 5.41) is 4.25. The molecule has 0 bridgehead atoms. The van der Waals surface area contributed by atoms with Gasteiger partial charge in [0.1, 0.15) is 0 Å². The van der Waals surface area contributed by atoms with E-state index < -0.39 is 5.54 Å². The van der Waals surface area contributed by atoms with E-state index in [1.807, 2.05) is 18.2 Å². The molecule has 1 rings (SSSR count). The fourth-order valence-electron chi connectivity index (χ4n) is 3.18. The van der Waals surface area contributed by atoms with E-state index in [1.165, 1.54) is 5.56 Å². The normalized spacial score (nSPS) is 12.7. The molecule has 128 valence electrons. The van der Waals surface area contributed by atoms with Gasteiger partial charge in [0.05, 0.1) is 5.54 Å². The number of hydrogen-bond acceptors (Lipinski definition) is 2. The van der Waals surface area contributed by atoms with Crippen molar-refractivity contribution in [3.8, 4) is 0 Å². The van der Waals surface area contributed by atoms with Crippen LogP contribution in [0.2, 0.25) is 0 Å². The van der Waals surface area contributed by atoms with Crippen LogP contribution >= 0.6 is 0 Å². The number of azide groups is 1. The van der Waals surface area contributed by atoms with Gasteiger partial charge in [-0.15, -0.1) is 0 Å². The van der Waals surface area contributed by atoms with Gasteiger partial charge in [-0.3, -0.25) is 0 Å². The zero-order chi connectivity index (χ0) is 17.0. The lowest BCUT2D eigenvalue weighted by Gasteiger charge is -2.35. The Morgan fingerprint density at radius 2 is 1.61 bits per heavy atom. The minimum absolute atomic E-state index is 0.130. The van der Waals surface area contributed by atoms with Crippen molar-refractivity contribution in [1.82, 2.24) is 0 Å². The highest BCUT2D eigenvalue weighted by Crippen LogP contribution is 2.31. The molecule has 0 aliphatic rings. The largest absolute Gasteiger partial charge is 0.327 e. The van der Waals surface area contributed by atoms with Crippen molar-refractivity contribution >= 4 is 0 Å². The first-order valence-electron chi connectivity index (χ1n) is 9.04. The molecule has 0 aliphatic heterocycles. The van der Waals surface area contributed by atoms with E-state index in [0.29, 0.717) is 0 Å². The molecule has 23 heavy (non-hydrogen) atoms. The standard InChI is InChI=1S/C19H32N4/c1-3-5-10-14-19(22-23-21,15-11-6-4-2)18(20)16-17-12-8-7-9-13-17/h7-9,12-13,18H,3-6,10-11,14-16,20H2,1-2H3. The zero-order valence-electron chi connectivity index (χ0n) is 14.7. The van der Waals surface area contributed by atoms with Crippen LogP contribution in [0.25, 0.3) is 10.4 Å². The Bertz CT molecular complexity index is 456. The number of nitrogens with zero attached hydrogens (tertiary/aromatic N) is 3. The Labute approximate surface area is 141 Å². The SMILES string of the molecule is CCCCCC(CCCCC)(N=[N+]=[N-])C(N)Cc1ccccc1. The van der Waals surface area contributed by atoms with Crippen LogP contribution in [-0.2, 0) is 6.42 Å². The number of benzene rings is 1. The maximum absolute atomic E-state index is 9.13. The van der Waals surface area contributed by atoms with Gasteiger partial charge in [0.25, 0.3) is 0 Å². The van der Waals surface area contributed by atoms with E-state index in [2.05, 4.69) is 36.0 Å². The summed E-state index contributed by atoms with van der Waals surface area (Å²) in [5.41, 5.74) is 16.5. The van der Waals surface area contributed by atoms with Crippen LogP contribution < -0.4 is 5.73 Å². The molecule has 0 aromatic heterocycles. The molecule has 0 radical (unpaired) electrons. The number of hydrogen-bond donors (Lipinski definition) is 1. The summed E-state index contributed by atoms with van der Waals surface area (Å²) in [7, 11) is 0. The molecule has 0 saturated carbocycles. The van der Waals surface area contributed by atoms with Crippen LogP contribution in [0.5, 0.6) is 0 Å². The molecule has 0 amide bonds. The van der Waals surface area contributed by atoms with Gasteiger partial charge in [-0.1, -0.05) is 87.8 Å². The first-order chi connectivity index (χ1) is 11.2. The molecule has 1 aromatic carbocycles. The summed E-state index contributed by atoms with van der Waals surface area (Å²) in [6.07, 6.45) is 9.34. The Morgan fingerprint density at radius 3 is 2.09 bits per heavy atom. The number of rotatable bonds is 12. The van der Waals surface area contributed by atoms with Crippen molar-refractivity contribution in [2.75, 3.05) is 0 Å². The predicted molar refractivity (Wildman–Crippen MR) is 98.3 cm³/mol. The average Bonchev–Trinajstić information content (AvgIpc) is 2.56. The maximum Gasteiger partial charge on any atom is 0.0642 e. The molecule has 0 fully saturated rings. The minimum atomic E-state index is -0.449. The molecular formula is C19H32N4. The number of nitrogens with two attached hydrogens (primary N) is 1. The van der Waals surface area contributed by atoms with Crippen molar-refractivity contribution in [2.45, 2.75) is 83.2 Å². The minimum Gasteiger partial charge on any atom is -0.327 e. The first kappa shape index (κ1) is 19.5. The van der Waals surface area contributed by atoms with Gasteiger partial charge in [-0.2, -0.15) is 0 Å². The molecule has 1 atom stereocenters. The Kier molecular flexibility index (Phi) is 9.42. The van der Waals surface area contributed by atoms with Crippen LogP contribution in [0.1, 0.15) is 70.8 Å². The lowest BCUT2D eigenvalue weighted by Crippen LogP contribution is -2.47. The monoisotopic (exact) mass is 316 g/mol. The molecule has 0 spiro atoms. The highest BCUT2D eigenvalue weighted by molar-refractivity contribution is 5.17. The number of unbranched alkanes of at least 4 members (excludes halogenated alkanes) is 4. The van der Waals surface area contributed by atoms with Crippen LogP contribution in [0.4, 0.5) is 0 Å². The molecule has 0 aliphatic carbocycles. The molecule has 2 N–H and O–H groups in total. The molecule has 4 heteroatoms. The molecule has 4 nitrogen and oxygen atoms in total. The molecule has 0 heterocycles. The fraction of sp³-hybridized carbons (Fsp3) is 0.684. The molecule has 1 aromatic rings. The summed E-state index contributed by atoms with van der Waals surface area (Å²) in [6, 6.07) is 10.1. The summed E-state index contributed by atoms with van der Waals surface area (Å²) in [4.78, 5) is 3.17. The lowest BCUT2D eigenvalue weighted by atomic mass is 9.79. The zero-order valence-corrected chi connectivity index (χ0v) is 14.7. The highest BCUT2D eigenvalue weighted by atomic mass is 15.2. The molecular weight excluding hydrogens is 284 g/mol. The highest BCUT2D eigenvalue weighted by Gasteiger charge is 2.34. The average molecular weight is 316 g/mol. The van der Waals surface area contributed by atoms with E-state index in [-0.39, 0.29) is 6.04 Å². The van der Waals surface area contributed by atoms with E-state index in [0.717, 1.165) is 57.8 Å². The smallest absolute Gasteiger partial charge is 0.0642 e. The third kappa shape index (κ3) is 6.64. The van der Waals surface area contributed by atoms with Gasteiger partial charge in [0, 0.05) is 11.0 Å². The quantitative estimate of drug-likeness (QED) is 0.226. The molecule has 0 saturated heterocycles. The van der Waals surface area contributed by atoms with Gasteiger partial charge in [0.2, 0.25) is 0 Å². The van der Waals surface area contributed by atoms with Gasteiger partial charge in [-0.25, -0.2) is 0 Å². The summed E-state index contributed by atoms with van der Waals surface area (Å²) >= 11 is 0. The van der Waals surface area contributed by atoms with Gasteiger partial charge in [-0.05, 0) is 30.4 Å². The van der Waals surface area contributed by atoms with E-state index >= 15 is 0 Å². The predicted octanol–water partition coefficient (Wildman–Crippen LogP) is 5.77. The van der Waals surface area contributed by atoms with Crippen LogP contribution in [0, 0.1) is 0 Å². The van der Waals surface area contributed by atoms with E-state index in [9.17, 15) is 0 Å². The topological polar surface area (TPSA) is 74.8 Å². The van der Waals surface area contributed by atoms with Crippen molar-refractivity contribution in [2.24, 2.45) is 10.8 Å². The van der Waals surface area contributed by atoms with E-state index in [1.54, 1.807) is 0 Å². The Morgan fingerprint density at radius 1 is 1.04 bits per heavy atom. The first-order valence-corrected chi connectivity index (χ1v) is 9.04. The summed E-state index contributed by atoms with van der Waals surface area (Å²) in [6.45, 7) is 4.38. The molecule has 1 unspecified atom stereocenters. The fourth-order valence-corrected chi connectivity index (χ4v) is 3.18. The second-order valence-corrected chi connectivity index (χ2v) is 6.50. The second-order valence-electron chi connectivity index (χ2n) is 6.50. The van der Waals surface area contributed by atoms with E-state index in [4.69, 9.17) is 11.3 Å². The summed E-state index contributed by atoms with van der Waals surface area (Å²) in [5.74, 6) is 0. The third-order valence-electron chi connectivity index (χ3n) is 4.66. The summed E-state index contributed by atoms with van der Waals surface area (Å²) < 4.78 is 0. The van der Waals surface area contributed by atoms with Crippen molar-refractivity contribution in [1.29, 1.82) is 0 Å². The van der Waals surface area contributed by atoms with Crippen molar-refractivity contribution in [3.63, 3.8) is 0 Å². The Hall–Kier alpha value is -1.51. The van der Waals surface area contributed by atoms with Gasteiger partial charge in [0.15, 0.2) is 0 Å². The maximum atomic E-state index is 9.13. The van der Waals surface area contributed by atoms with Gasteiger partial charge < -0.3 is 5.73 Å². The van der Waals surface area contributed by atoms with Gasteiger partial charge >= 0.3 is 0 Å². The van der Waals surface area contributed by atoms with Crippen LogP contribution in [0.3, 0.4) is 0 Å².